The maximum absolute atomic E-state index is 3.60. The first-order chi connectivity index (χ1) is 10.2. The summed E-state index contributed by atoms with van der Waals surface area (Å²) in [5, 5.41) is 3.57. The third-order valence-electron chi connectivity index (χ3n) is 3.73. The fourth-order valence-corrected chi connectivity index (χ4v) is 2.78. The molecule has 0 spiro atoms. The van der Waals surface area contributed by atoms with Crippen LogP contribution in [0.15, 0.2) is 53.0 Å². The van der Waals surface area contributed by atoms with Crippen molar-refractivity contribution in [1.29, 1.82) is 0 Å². The molecule has 0 bridgehead atoms. The van der Waals surface area contributed by atoms with Gasteiger partial charge < -0.3 is 5.32 Å². The quantitative estimate of drug-likeness (QED) is 0.766. The van der Waals surface area contributed by atoms with Gasteiger partial charge in [-0.25, -0.2) is 0 Å². The topological polar surface area (TPSA) is 15.3 Å². The fourth-order valence-electron chi connectivity index (χ4n) is 2.35. The number of benzene rings is 2. The van der Waals surface area contributed by atoms with Crippen molar-refractivity contribution in [3.8, 4) is 0 Å². The predicted molar refractivity (Wildman–Crippen MR) is 94.5 cm³/mol. The van der Waals surface area contributed by atoms with Crippen molar-refractivity contribution in [3.05, 3.63) is 64.1 Å². The Bertz CT molecular complexity index is 565. The molecule has 2 nitrogen and oxygen atoms in total. The molecule has 0 aromatic heterocycles. The van der Waals surface area contributed by atoms with Gasteiger partial charge in [0.15, 0.2) is 0 Å². The highest BCUT2D eigenvalue weighted by atomic mass is 79.9. The Labute approximate surface area is 136 Å². The minimum Gasteiger partial charge on any atom is -0.381 e. The van der Waals surface area contributed by atoms with Crippen molar-refractivity contribution in [2.45, 2.75) is 26.9 Å². The van der Waals surface area contributed by atoms with E-state index in [0.717, 1.165) is 30.7 Å². The summed E-state index contributed by atoms with van der Waals surface area (Å²) in [6.45, 7) is 8.40. The maximum atomic E-state index is 3.60. The van der Waals surface area contributed by atoms with Gasteiger partial charge in [-0.1, -0.05) is 66.2 Å². The molecule has 0 aliphatic carbocycles. The second-order valence-electron chi connectivity index (χ2n) is 5.06. The standard InChI is InChI=1S/C18H23BrN2/c1-3-21(4-2)14-16-10-6-8-12-18(16)20-13-15-9-5-7-11-17(15)19/h5-12,20H,3-4,13-14H2,1-2H3. The third-order valence-corrected chi connectivity index (χ3v) is 4.51. The van der Waals surface area contributed by atoms with Crippen molar-refractivity contribution in [2.75, 3.05) is 18.4 Å². The number of halogens is 1. The van der Waals surface area contributed by atoms with E-state index in [1.807, 2.05) is 6.07 Å². The van der Waals surface area contributed by atoms with Crippen LogP contribution >= 0.6 is 15.9 Å². The van der Waals surface area contributed by atoms with E-state index in [2.05, 4.69) is 82.5 Å². The van der Waals surface area contributed by atoms with Gasteiger partial charge in [-0.2, -0.15) is 0 Å². The number of rotatable bonds is 7. The molecule has 0 saturated carbocycles. The molecule has 0 aliphatic heterocycles. The molecule has 112 valence electrons. The second kappa shape index (κ2) is 8.20. The number of anilines is 1. The summed E-state index contributed by atoms with van der Waals surface area (Å²) in [4.78, 5) is 2.43. The van der Waals surface area contributed by atoms with Gasteiger partial charge in [0.25, 0.3) is 0 Å². The molecule has 1 N–H and O–H groups in total. The Balaban J connectivity index is 2.08. The molecule has 0 atom stereocenters. The Hall–Kier alpha value is -1.32. The second-order valence-corrected chi connectivity index (χ2v) is 5.92. The summed E-state index contributed by atoms with van der Waals surface area (Å²) in [7, 11) is 0. The molecule has 2 aromatic rings. The lowest BCUT2D eigenvalue weighted by Crippen LogP contribution is -2.22. The van der Waals surface area contributed by atoms with Crippen LogP contribution in [0.2, 0.25) is 0 Å². The Morgan fingerprint density at radius 1 is 0.905 bits per heavy atom. The molecule has 0 unspecified atom stereocenters. The van der Waals surface area contributed by atoms with Gasteiger partial charge in [0, 0.05) is 23.2 Å². The zero-order valence-corrected chi connectivity index (χ0v) is 14.4. The summed E-state index contributed by atoms with van der Waals surface area (Å²) in [5.41, 5.74) is 3.85. The predicted octanol–water partition coefficient (Wildman–Crippen LogP) is 4.90. The van der Waals surface area contributed by atoms with Gasteiger partial charge in [0.05, 0.1) is 0 Å². The normalized spacial score (nSPS) is 10.9. The molecular weight excluding hydrogens is 324 g/mol. The molecule has 0 radical (unpaired) electrons. The van der Waals surface area contributed by atoms with Crippen LogP contribution in [0.3, 0.4) is 0 Å². The highest BCUT2D eigenvalue weighted by molar-refractivity contribution is 9.10. The highest BCUT2D eigenvalue weighted by Crippen LogP contribution is 2.21. The van der Waals surface area contributed by atoms with E-state index < -0.39 is 0 Å². The smallest absolute Gasteiger partial charge is 0.0412 e. The number of nitrogens with zero attached hydrogens (tertiary/aromatic N) is 1. The first-order valence-electron chi connectivity index (χ1n) is 7.52. The van der Waals surface area contributed by atoms with E-state index >= 15 is 0 Å². The van der Waals surface area contributed by atoms with Crippen molar-refractivity contribution >= 4 is 21.6 Å². The summed E-state index contributed by atoms with van der Waals surface area (Å²) in [5.74, 6) is 0. The maximum Gasteiger partial charge on any atom is 0.0412 e. The van der Waals surface area contributed by atoms with Gasteiger partial charge in [0.1, 0.15) is 0 Å². The van der Waals surface area contributed by atoms with Crippen LogP contribution in [0.25, 0.3) is 0 Å². The van der Waals surface area contributed by atoms with E-state index in [-0.39, 0.29) is 0 Å². The SMILES string of the molecule is CCN(CC)Cc1ccccc1NCc1ccccc1Br. The number of hydrogen-bond acceptors (Lipinski definition) is 2. The zero-order chi connectivity index (χ0) is 15.1. The van der Waals surface area contributed by atoms with Crippen LogP contribution in [-0.4, -0.2) is 18.0 Å². The number of hydrogen-bond donors (Lipinski definition) is 1. The summed E-state index contributed by atoms with van der Waals surface area (Å²) in [6.07, 6.45) is 0. The first kappa shape index (κ1) is 16.1. The van der Waals surface area contributed by atoms with Crippen LogP contribution < -0.4 is 5.32 Å². The molecular formula is C18H23BrN2. The Kier molecular flexibility index (Phi) is 6.27. The van der Waals surface area contributed by atoms with Crippen LogP contribution in [0.4, 0.5) is 5.69 Å². The molecule has 3 heteroatoms. The van der Waals surface area contributed by atoms with E-state index in [0.29, 0.717) is 0 Å². The van der Waals surface area contributed by atoms with Crippen LogP contribution in [-0.2, 0) is 13.1 Å². The van der Waals surface area contributed by atoms with Crippen molar-refractivity contribution in [3.63, 3.8) is 0 Å². The van der Waals surface area contributed by atoms with Crippen LogP contribution in [0.1, 0.15) is 25.0 Å². The number of nitrogens with one attached hydrogen (secondary N) is 1. The Morgan fingerprint density at radius 3 is 2.19 bits per heavy atom. The summed E-state index contributed by atoms with van der Waals surface area (Å²) in [6, 6.07) is 16.9. The molecule has 0 heterocycles. The molecule has 2 aromatic carbocycles. The van der Waals surface area contributed by atoms with E-state index in [1.165, 1.54) is 16.8 Å². The molecule has 2 rings (SSSR count). The van der Waals surface area contributed by atoms with Crippen LogP contribution in [0.5, 0.6) is 0 Å². The van der Waals surface area contributed by atoms with Gasteiger partial charge in [-0.15, -0.1) is 0 Å². The molecule has 0 amide bonds. The first-order valence-corrected chi connectivity index (χ1v) is 8.31. The van der Waals surface area contributed by atoms with Gasteiger partial charge >= 0.3 is 0 Å². The molecule has 0 aliphatic rings. The van der Waals surface area contributed by atoms with Gasteiger partial charge in [-0.3, -0.25) is 4.90 Å². The van der Waals surface area contributed by atoms with E-state index in [1.54, 1.807) is 0 Å². The van der Waals surface area contributed by atoms with E-state index in [4.69, 9.17) is 0 Å². The lowest BCUT2D eigenvalue weighted by molar-refractivity contribution is 0.296. The minimum atomic E-state index is 0.830. The number of para-hydroxylation sites is 1. The summed E-state index contributed by atoms with van der Waals surface area (Å²) < 4.78 is 1.15. The minimum absolute atomic E-state index is 0.830. The lowest BCUT2D eigenvalue weighted by atomic mass is 10.1. The third kappa shape index (κ3) is 4.58. The average molecular weight is 347 g/mol. The molecule has 0 fully saturated rings. The summed E-state index contributed by atoms with van der Waals surface area (Å²) >= 11 is 3.60. The van der Waals surface area contributed by atoms with Gasteiger partial charge in [0.2, 0.25) is 0 Å². The van der Waals surface area contributed by atoms with E-state index in [9.17, 15) is 0 Å². The zero-order valence-electron chi connectivity index (χ0n) is 12.8. The van der Waals surface area contributed by atoms with Crippen molar-refractivity contribution < 1.29 is 0 Å². The Morgan fingerprint density at radius 2 is 1.52 bits per heavy atom. The highest BCUT2D eigenvalue weighted by Gasteiger charge is 2.06. The monoisotopic (exact) mass is 346 g/mol. The van der Waals surface area contributed by atoms with Gasteiger partial charge in [-0.05, 0) is 36.3 Å². The molecule has 0 saturated heterocycles. The lowest BCUT2D eigenvalue weighted by Gasteiger charge is -2.20. The van der Waals surface area contributed by atoms with Crippen molar-refractivity contribution in [1.82, 2.24) is 4.90 Å². The largest absolute Gasteiger partial charge is 0.381 e. The average Bonchev–Trinajstić information content (AvgIpc) is 2.53. The fraction of sp³-hybridized carbons (Fsp3) is 0.333. The molecule has 21 heavy (non-hydrogen) atoms. The van der Waals surface area contributed by atoms with Crippen LogP contribution in [0, 0.1) is 0 Å². The van der Waals surface area contributed by atoms with Crippen molar-refractivity contribution in [2.24, 2.45) is 0 Å².